The lowest BCUT2D eigenvalue weighted by Crippen LogP contribution is -2.41. The van der Waals surface area contributed by atoms with E-state index in [0.717, 1.165) is 51.4 Å². The Kier molecular flexibility index (Phi) is 3.42. The lowest BCUT2D eigenvalue weighted by molar-refractivity contribution is -0.126. The van der Waals surface area contributed by atoms with Crippen LogP contribution >= 0.6 is 0 Å². The summed E-state index contributed by atoms with van der Waals surface area (Å²) in [7, 11) is 0. The van der Waals surface area contributed by atoms with Crippen LogP contribution in [0.15, 0.2) is 24.5 Å². The fraction of sp³-hybridized carbons (Fsp3) is 0.647. The normalized spacial score (nSPS) is 35.9. The van der Waals surface area contributed by atoms with E-state index in [1.54, 1.807) is 12.4 Å². The summed E-state index contributed by atoms with van der Waals surface area (Å²) in [5, 5.41) is 0. The Morgan fingerprint density at radius 1 is 1.45 bits per heavy atom. The van der Waals surface area contributed by atoms with Gasteiger partial charge in [0.1, 0.15) is 0 Å². The molecule has 1 aromatic rings. The number of likely N-dealkylation sites (tertiary alicyclic amines) is 1. The van der Waals surface area contributed by atoms with Crippen LogP contribution in [0.1, 0.15) is 19.8 Å². The van der Waals surface area contributed by atoms with Gasteiger partial charge in [0.25, 0.3) is 0 Å². The van der Waals surface area contributed by atoms with Crippen LogP contribution in [0.4, 0.5) is 5.69 Å². The van der Waals surface area contributed by atoms with Crippen LogP contribution in [0.2, 0.25) is 0 Å². The average molecular weight is 301 g/mol. The van der Waals surface area contributed by atoms with Gasteiger partial charge in [0.2, 0.25) is 5.91 Å². The van der Waals surface area contributed by atoms with Gasteiger partial charge in [0.05, 0.1) is 23.9 Å². The zero-order valence-electron chi connectivity index (χ0n) is 13.1. The van der Waals surface area contributed by atoms with E-state index in [4.69, 9.17) is 4.74 Å². The van der Waals surface area contributed by atoms with Crippen molar-refractivity contribution in [2.24, 2.45) is 11.3 Å². The minimum atomic E-state index is -0.210. The molecule has 0 aromatic carbocycles. The average Bonchev–Trinajstić information content (AvgIpc) is 3.23. The lowest BCUT2D eigenvalue weighted by Gasteiger charge is -2.27. The van der Waals surface area contributed by atoms with Gasteiger partial charge in [-0.25, -0.2) is 0 Å². The molecule has 1 spiro atoms. The maximum absolute atomic E-state index is 13.1. The van der Waals surface area contributed by atoms with Crippen LogP contribution in [-0.2, 0) is 9.53 Å². The maximum atomic E-state index is 13.1. The summed E-state index contributed by atoms with van der Waals surface area (Å²) in [4.78, 5) is 21.7. The first kappa shape index (κ1) is 14.2. The summed E-state index contributed by atoms with van der Waals surface area (Å²) in [6.45, 7) is 6.63. The van der Waals surface area contributed by atoms with Gasteiger partial charge in [0.15, 0.2) is 0 Å². The molecule has 3 aliphatic heterocycles. The molecule has 3 saturated heterocycles. The van der Waals surface area contributed by atoms with E-state index >= 15 is 0 Å². The number of rotatable bonds is 2. The van der Waals surface area contributed by atoms with Crippen LogP contribution in [0.3, 0.4) is 0 Å². The Labute approximate surface area is 131 Å². The van der Waals surface area contributed by atoms with E-state index in [-0.39, 0.29) is 11.3 Å². The molecule has 1 amide bonds. The molecule has 5 heteroatoms. The predicted molar refractivity (Wildman–Crippen MR) is 83.6 cm³/mol. The zero-order chi connectivity index (χ0) is 15.2. The highest BCUT2D eigenvalue weighted by Gasteiger charge is 2.56. The van der Waals surface area contributed by atoms with Gasteiger partial charge in [-0.15, -0.1) is 0 Å². The Hall–Kier alpha value is -1.46. The van der Waals surface area contributed by atoms with Crippen molar-refractivity contribution in [3.63, 3.8) is 0 Å². The number of pyridine rings is 1. The fourth-order valence-corrected chi connectivity index (χ4v) is 4.35. The second-order valence-corrected chi connectivity index (χ2v) is 6.92. The molecule has 0 saturated carbocycles. The van der Waals surface area contributed by atoms with Crippen LogP contribution in [0.25, 0.3) is 0 Å². The number of carbonyl (C=O) groups is 1. The lowest BCUT2D eigenvalue weighted by atomic mass is 9.78. The van der Waals surface area contributed by atoms with Gasteiger partial charge in [-0.3, -0.25) is 14.7 Å². The third-order valence-corrected chi connectivity index (χ3v) is 5.77. The molecule has 22 heavy (non-hydrogen) atoms. The van der Waals surface area contributed by atoms with E-state index in [9.17, 15) is 4.79 Å². The Balaban J connectivity index is 1.56. The molecule has 4 rings (SSSR count). The molecule has 3 fully saturated rings. The number of ether oxygens (including phenoxy) is 1. The molecule has 0 aliphatic carbocycles. The van der Waals surface area contributed by atoms with Crippen molar-refractivity contribution in [2.45, 2.75) is 25.8 Å². The summed E-state index contributed by atoms with van der Waals surface area (Å²) in [6.07, 6.45) is 5.59. The largest absolute Gasteiger partial charge is 0.380 e. The van der Waals surface area contributed by atoms with Crippen LogP contribution in [0.5, 0.6) is 0 Å². The van der Waals surface area contributed by atoms with Crippen molar-refractivity contribution in [3.8, 4) is 0 Å². The van der Waals surface area contributed by atoms with Crippen molar-refractivity contribution in [2.75, 3.05) is 37.7 Å². The van der Waals surface area contributed by atoms with Crippen molar-refractivity contribution >= 4 is 11.6 Å². The molecular weight excluding hydrogens is 278 g/mol. The first-order valence-corrected chi connectivity index (χ1v) is 8.24. The molecule has 5 nitrogen and oxygen atoms in total. The van der Waals surface area contributed by atoms with Gasteiger partial charge < -0.3 is 9.64 Å². The van der Waals surface area contributed by atoms with E-state index in [1.165, 1.54) is 0 Å². The number of aromatic nitrogens is 1. The molecular formula is C17H23N3O2. The van der Waals surface area contributed by atoms with Crippen molar-refractivity contribution < 1.29 is 9.53 Å². The van der Waals surface area contributed by atoms with Crippen molar-refractivity contribution in [1.29, 1.82) is 0 Å². The van der Waals surface area contributed by atoms with Gasteiger partial charge in [-0.05, 0) is 30.9 Å². The zero-order valence-corrected chi connectivity index (χ0v) is 13.1. The van der Waals surface area contributed by atoms with E-state index in [0.29, 0.717) is 12.0 Å². The monoisotopic (exact) mass is 301 g/mol. The molecule has 3 atom stereocenters. The van der Waals surface area contributed by atoms with Gasteiger partial charge in [-0.2, -0.15) is 0 Å². The topological polar surface area (TPSA) is 45.7 Å². The summed E-state index contributed by atoms with van der Waals surface area (Å²) in [5.41, 5.74) is 0.720. The number of hydrogen-bond acceptors (Lipinski definition) is 4. The SMILES string of the molecule is C[C@@H]1CN([C@@H]2CCOC2)C[C@]12CCN(c1cccnc1)C2=O. The molecule has 0 unspecified atom stereocenters. The Bertz CT molecular complexity index is 558. The van der Waals surface area contributed by atoms with Crippen LogP contribution < -0.4 is 4.90 Å². The highest BCUT2D eigenvalue weighted by Crippen LogP contribution is 2.46. The molecule has 0 bridgehead atoms. The number of nitrogens with zero attached hydrogens (tertiary/aromatic N) is 3. The molecule has 0 radical (unpaired) electrons. The quantitative estimate of drug-likeness (QED) is 0.831. The number of anilines is 1. The summed E-state index contributed by atoms with van der Waals surface area (Å²) in [5.74, 6) is 0.691. The first-order valence-electron chi connectivity index (χ1n) is 8.24. The summed E-state index contributed by atoms with van der Waals surface area (Å²) < 4.78 is 5.53. The number of hydrogen-bond donors (Lipinski definition) is 0. The van der Waals surface area contributed by atoms with E-state index < -0.39 is 0 Å². The van der Waals surface area contributed by atoms with Gasteiger partial charge >= 0.3 is 0 Å². The first-order chi connectivity index (χ1) is 10.7. The predicted octanol–water partition coefficient (Wildman–Crippen LogP) is 1.55. The molecule has 4 heterocycles. The number of amides is 1. The Morgan fingerprint density at radius 2 is 2.36 bits per heavy atom. The molecule has 118 valence electrons. The van der Waals surface area contributed by atoms with Crippen LogP contribution in [0, 0.1) is 11.3 Å². The van der Waals surface area contributed by atoms with Crippen molar-refractivity contribution in [3.05, 3.63) is 24.5 Å². The van der Waals surface area contributed by atoms with Crippen molar-refractivity contribution in [1.82, 2.24) is 9.88 Å². The fourth-order valence-electron chi connectivity index (χ4n) is 4.35. The van der Waals surface area contributed by atoms with E-state index in [2.05, 4.69) is 16.8 Å². The summed E-state index contributed by atoms with van der Waals surface area (Å²) >= 11 is 0. The number of carbonyl (C=O) groups excluding carboxylic acids is 1. The summed E-state index contributed by atoms with van der Waals surface area (Å²) in [6, 6.07) is 4.38. The third-order valence-electron chi connectivity index (χ3n) is 5.77. The molecule has 0 N–H and O–H groups in total. The standard InChI is InChI=1S/C17H23N3O2/c1-13-10-19(15-4-8-22-11-15)12-17(13)5-7-20(16(17)21)14-3-2-6-18-9-14/h2-3,6,9,13,15H,4-5,7-8,10-12H2,1H3/t13-,15-,17-/m1/s1. The Morgan fingerprint density at radius 3 is 3.09 bits per heavy atom. The maximum Gasteiger partial charge on any atom is 0.234 e. The smallest absolute Gasteiger partial charge is 0.234 e. The minimum absolute atomic E-state index is 0.210. The molecule has 1 aromatic heterocycles. The van der Waals surface area contributed by atoms with Gasteiger partial charge in [0, 0.05) is 38.5 Å². The second-order valence-electron chi connectivity index (χ2n) is 6.92. The highest BCUT2D eigenvalue weighted by atomic mass is 16.5. The molecule has 3 aliphatic rings. The van der Waals surface area contributed by atoms with Crippen LogP contribution in [-0.4, -0.2) is 54.7 Å². The highest BCUT2D eigenvalue weighted by molar-refractivity contribution is 6.00. The second kappa shape index (κ2) is 5.32. The van der Waals surface area contributed by atoms with Gasteiger partial charge in [-0.1, -0.05) is 6.92 Å². The minimum Gasteiger partial charge on any atom is -0.380 e. The van der Waals surface area contributed by atoms with E-state index in [1.807, 2.05) is 17.0 Å². The third kappa shape index (κ3) is 2.07.